The molecule has 2 aliphatic rings. The first-order valence-corrected chi connectivity index (χ1v) is 11.1. The van der Waals surface area contributed by atoms with E-state index in [2.05, 4.69) is 32.9 Å². The number of nitrogens with zero attached hydrogens (tertiary/aromatic N) is 1. The third kappa shape index (κ3) is 4.73. The standard InChI is InChI=1S/C24H32ClNO4/c1-23(2,3)9-6-16-4-5-18(12-20(16)25)24-10-7-17(15-27)19(24)14-26(21(28)13-24)11-8-22(29)30/h4-5,12,14,17,27H,6-11,13,15H2,1-3H3,(H,29,30). The van der Waals surface area contributed by atoms with E-state index in [4.69, 9.17) is 16.7 Å². The van der Waals surface area contributed by atoms with Crippen molar-refractivity contribution in [1.29, 1.82) is 0 Å². The molecule has 0 spiro atoms. The van der Waals surface area contributed by atoms with Gasteiger partial charge in [0.05, 0.1) is 6.42 Å². The predicted molar refractivity (Wildman–Crippen MR) is 117 cm³/mol. The van der Waals surface area contributed by atoms with Gasteiger partial charge >= 0.3 is 5.97 Å². The van der Waals surface area contributed by atoms with Crippen LogP contribution in [0.15, 0.2) is 30.0 Å². The number of benzene rings is 1. The maximum absolute atomic E-state index is 12.9. The molecular formula is C24H32ClNO4. The van der Waals surface area contributed by atoms with Crippen molar-refractivity contribution in [2.75, 3.05) is 13.2 Å². The summed E-state index contributed by atoms with van der Waals surface area (Å²) in [5.74, 6) is -1.03. The molecule has 1 saturated carbocycles. The first-order valence-electron chi connectivity index (χ1n) is 10.7. The molecular weight excluding hydrogens is 402 g/mol. The zero-order valence-corrected chi connectivity index (χ0v) is 18.8. The Hall–Kier alpha value is -1.85. The summed E-state index contributed by atoms with van der Waals surface area (Å²) in [6.07, 6.45) is 5.49. The minimum atomic E-state index is -0.930. The number of rotatable bonds is 7. The number of aliphatic carboxylic acids is 1. The molecule has 1 fully saturated rings. The first-order chi connectivity index (χ1) is 14.1. The van der Waals surface area contributed by atoms with Crippen molar-refractivity contribution in [3.63, 3.8) is 0 Å². The van der Waals surface area contributed by atoms with Crippen LogP contribution < -0.4 is 0 Å². The van der Waals surface area contributed by atoms with Crippen LogP contribution in [0.4, 0.5) is 0 Å². The van der Waals surface area contributed by atoms with Crippen LogP contribution in [0.1, 0.15) is 64.0 Å². The number of hydrogen-bond donors (Lipinski definition) is 2. The van der Waals surface area contributed by atoms with Gasteiger partial charge in [-0.1, -0.05) is 44.5 Å². The molecule has 6 heteroatoms. The largest absolute Gasteiger partial charge is 0.481 e. The highest BCUT2D eigenvalue weighted by Crippen LogP contribution is 2.53. The fourth-order valence-corrected chi connectivity index (χ4v) is 4.97. The Morgan fingerprint density at radius 2 is 2.07 bits per heavy atom. The van der Waals surface area contributed by atoms with E-state index in [0.29, 0.717) is 0 Å². The average molecular weight is 434 g/mol. The van der Waals surface area contributed by atoms with Crippen LogP contribution in [0.25, 0.3) is 0 Å². The smallest absolute Gasteiger partial charge is 0.305 e. The van der Waals surface area contributed by atoms with Crippen molar-refractivity contribution < 1.29 is 19.8 Å². The number of fused-ring (bicyclic) bond motifs is 1. The van der Waals surface area contributed by atoms with Gasteiger partial charge in [0.25, 0.3) is 0 Å². The summed E-state index contributed by atoms with van der Waals surface area (Å²) in [4.78, 5) is 25.3. The second-order valence-corrected chi connectivity index (χ2v) is 10.3. The normalized spacial score (nSPS) is 24.0. The monoisotopic (exact) mass is 433 g/mol. The van der Waals surface area contributed by atoms with E-state index < -0.39 is 11.4 Å². The lowest BCUT2D eigenvalue weighted by Gasteiger charge is -2.39. The Bertz CT molecular complexity index is 857. The molecule has 1 heterocycles. The zero-order chi connectivity index (χ0) is 22.1. The van der Waals surface area contributed by atoms with Crippen LogP contribution in [-0.4, -0.2) is 40.1 Å². The van der Waals surface area contributed by atoms with Gasteiger partial charge in [-0.3, -0.25) is 9.59 Å². The maximum atomic E-state index is 12.9. The maximum Gasteiger partial charge on any atom is 0.305 e. The van der Waals surface area contributed by atoms with Crippen molar-refractivity contribution >= 4 is 23.5 Å². The Labute approximate surface area is 183 Å². The van der Waals surface area contributed by atoms with Gasteiger partial charge in [-0.25, -0.2) is 0 Å². The van der Waals surface area contributed by atoms with E-state index in [-0.39, 0.29) is 43.2 Å². The number of halogens is 1. The molecule has 1 aliphatic carbocycles. The highest BCUT2D eigenvalue weighted by molar-refractivity contribution is 6.31. The molecule has 0 radical (unpaired) electrons. The molecule has 1 amide bonds. The van der Waals surface area contributed by atoms with Crippen molar-refractivity contribution in [3.8, 4) is 0 Å². The van der Waals surface area contributed by atoms with Gasteiger partial charge in [-0.2, -0.15) is 0 Å². The van der Waals surface area contributed by atoms with Crippen LogP contribution in [0.5, 0.6) is 0 Å². The summed E-state index contributed by atoms with van der Waals surface area (Å²) >= 11 is 6.65. The minimum Gasteiger partial charge on any atom is -0.481 e. The number of carbonyl (C=O) groups is 2. The number of carboxylic acid groups (broad SMARTS) is 1. The predicted octanol–water partition coefficient (Wildman–Crippen LogP) is 4.55. The molecule has 1 aromatic rings. The molecule has 3 rings (SSSR count). The molecule has 2 N–H and O–H groups in total. The third-order valence-electron chi connectivity index (χ3n) is 6.52. The van der Waals surface area contributed by atoms with E-state index >= 15 is 0 Å². The number of aryl methyl sites for hydroxylation is 1. The zero-order valence-electron chi connectivity index (χ0n) is 18.1. The minimum absolute atomic E-state index is 0.0198. The number of aliphatic hydroxyl groups is 1. The first kappa shape index (κ1) is 22.8. The van der Waals surface area contributed by atoms with Gasteiger partial charge in [0.15, 0.2) is 0 Å². The van der Waals surface area contributed by atoms with Gasteiger partial charge in [-0.15, -0.1) is 0 Å². The van der Waals surface area contributed by atoms with Gasteiger partial charge in [0, 0.05) is 42.1 Å². The average Bonchev–Trinajstić information content (AvgIpc) is 3.02. The topological polar surface area (TPSA) is 77.8 Å². The number of amides is 1. The van der Waals surface area contributed by atoms with E-state index in [9.17, 15) is 14.7 Å². The van der Waals surface area contributed by atoms with Crippen LogP contribution in [0, 0.1) is 11.3 Å². The summed E-state index contributed by atoms with van der Waals surface area (Å²) in [5.41, 5.74) is 2.91. The fraction of sp³-hybridized carbons (Fsp3) is 0.583. The van der Waals surface area contributed by atoms with E-state index in [1.165, 1.54) is 4.90 Å². The number of carboxylic acids is 1. The van der Waals surface area contributed by atoms with Crippen LogP contribution in [0.3, 0.4) is 0 Å². The molecule has 164 valence electrons. The van der Waals surface area contributed by atoms with E-state index in [1.54, 1.807) is 6.20 Å². The van der Waals surface area contributed by atoms with Gasteiger partial charge < -0.3 is 15.1 Å². The van der Waals surface area contributed by atoms with Gasteiger partial charge in [0.1, 0.15) is 0 Å². The highest BCUT2D eigenvalue weighted by Gasteiger charge is 2.49. The molecule has 30 heavy (non-hydrogen) atoms. The lowest BCUT2D eigenvalue weighted by atomic mass is 9.70. The summed E-state index contributed by atoms with van der Waals surface area (Å²) in [5, 5.41) is 19.6. The van der Waals surface area contributed by atoms with Crippen LogP contribution in [0.2, 0.25) is 5.02 Å². The second kappa shape index (κ2) is 8.72. The molecule has 0 bridgehead atoms. The van der Waals surface area contributed by atoms with Crippen molar-refractivity contribution in [3.05, 3.63) is 46.1 Å². The molecule has 2 unspecified atom stereocenters. The number of aliphatic hydroxyl groups excluding tert-OH is 1. The molecule has 0 aromatic heterocycles. The van der Waals surface area contributed by atoms with Crippen molar-refractivity contribution in [2.24, 2.45) is 11.3 Å². The van der Waals surface area contributed by atoms with Crippen molar-refractivity contribution in [2.45, 2.75) is 64.7 Å². The van der Waals surface area contributed by atoms with Gasteiger partial charge in [0.2, 0.25) is 5.91 Å². The van der Waals surface area contributed by atoms with Crippen LogP contribution in [-0.2, 0) is 21.4 Å². The molecule has 1 aliphatic heterocycles. The summed E-state index contributed by atoms with van der Waals surface area (Å²) in [7, 11) is 0. The lowest BCUT2D eigenvalue weighted by Crippen LogP contribution is -2.42. The SMILES string of the molecule is CC(C)(C)CCc1ccc(C23CCC(CO)C2=CN(CCC(=O)O)C(=O)C3)cc1Cl. The number of carbonyl (C=O) groups excluding carboxylic acids is 1. The molecule has 2 atom stereocenters. The van der Waals surface area contributed by atoms with E-state index in [0.717, 1.165) is 47.4 Å². The Morgan fingerprint density at radius 1 is 1.33 bits per heavy atom. The summed E-state index contributed by atoms with van der Waals surface area (Å²) in [6, 6.07) is 6.15. The quantitative estimate of drug-likeness (QED) is 0.661. The molecule has 5 nitrogen and oxygen atoms in total. The van der Waals surface area contributed by atoms with Crippen LogP contribution >= 0.6 is 11.6 Å². The Balaban J connectivity index is 1.93. The number of hydrogen-bond acceptors (Lipinski definition) is 3. The lowest BCUT2D eigenvalue weighted by molar-refractivity contribution is -0.138. The fourth-order valence-electron chi connectivity index (χ4n) is 4.70. The summed E-state index contributed by atoms with van der Waals surface area (Å²) in [6.45, 7) is 6.80. The Morgan fingerprint density at radius 3 is 2.67 bits per heavy atom. The highest BCUT2D eigenvalue weighted by atomic mass is 35.5. The summed E-state index contributed by atoms with van der Waals surface area (Å²) < 4.78 is 0. The second-order valence-electron chi connectivity index (χ2n) is 9.86. The third-order valence-corrected chi connectivity index (χ3v) is 6.87. The Kier molecular flexibility index (Phi) is 6.63. The van der Waals surface area contributed by atoms with Gasteiger partial charge in [-0.05, 0) is 53.9 Å². The van der Waals surface area contributed by atoms with E-state index in [1.807, 2.05) is 6.07 Å². The molecule has 0 saturated heterocycles. The van der Waals surface area contributed by atoms with Crippen molar-refractivity contribution in [1.82, 2.24) is 4.90 Å². The molecule has 1 aromatic carbocycles.